The van der Waals surface area contributed by atoms with Gasteiger partial charge in [-0.3, -0.25) is 0 Å². The van der Waals surface area contributed by atoms with Crippen molar-refractivity contribution in [2.45, 2.75) is 38.9 Å². The molecule has 1 aliphatic rings. The van der Waals surface area contributed by atoms with Crippen molar-refractivity contribution in [2.24, 2.45) is 0 Å². The van der Waals surface area contributed by atoms with Gasteiger partial charge in [-0.1, -0.05) is 11.6 Å². The normalized spacial score (nSPS) is 20.6. The van der Waals surface area contributed by atoms with Gasteiger partial charge in [0.2, 0.25) is 0 Å². The molecule has 0 amide bonds. The van der Waals surface area contributed by atoms with E-state index in [1.165, 1.54) is 6.07 Å². The maximum absolute atomic E-state index is 11.0. The van der Waals surface area contributed by atoms with Gasteiger partial charge in [-0.25, -0.2) is 9.78 Å². The molecule has 1 saturated heterocycles. The Hall–Kier alpha value is -1.11. The Morgan fingerprint density at radius 3 is 2.26 bits per heavy atom. The maximum Gasteiger partial charge on any atom is 0.514 e. The number of carbonyl (C=O) groups is 1. The second kappa shape index (κ2) is 4.47. The lowest BCUT2D eigenvalue weighted by Crippen LogP contribution is -2.41. The molecule has 0 unspecified atom stereocenters. The molecule has 19 heavy (non-hydrogen) atoms. The summed E-state index contributed by atoms with van der Waals surface area (Å²) in [5.74, 6) is -1.18. The molecule has 1 fully saturated rings. The summed E-state index contributed by atoms with van der Waals surface area (Å²) >= 11 is 5.78. The van der Waals surface area contributed by atoms with Crippen molar-refractivity contribution in [3.05, 3.63) is 22.8 Å². The first-order valence-electron chi connectivity index (χ1n) is 5.89. The Kier molecular flexibility index (Phi) is 3.37. The molecule has 7 heteroatoms. The van der Waals surface area contributed by atoms with Crippen molar-refractivity contribution in [1.82, 2.24) is 4.98 Å². The van der Waals surface area contributed by atoms with Crippen LogP contribution in [-0.2, 0) is 9.31 Å². The Bertz CT molecular complexity index is 516. The number of hydrogen-bond acceptors (Lipinski definition) is 4. The predicted octanol–water partition coefficient (Wildman–Crippen LogP) is 1.73. The van der Waals surface area contributed by atoms with Crippen LogP contribution in [0.15, 0.2) is 12.1 Å². The molecule has 0 spiro atoms. The molecular weight excluding hydrogens is 268 g/mol. The maximum atomic E-state index is 11.0. The highest BCUT2D eigenvalue weighted by Gasteiger charge is 2.52. The van der Waals surface area contributed by atoms with Crippen molar-refractivity contribution in [2.75, 3.05) is 0 Å². The van der Waals surface area contributed by atoms with Crippen LogP contribution in [-0.4, -0.2) is 34.4 Å². The highest BCUT2D eigenvalue weighted by atomic mass is 35.5. The van der Waals surface area contributed by atoms with Crippen LogP contribution in [0.4, 0.5) is 0 Å². The lowest BCUT2D eigenvalue weighted by molar-refractivity contribution is 0.00578. The van der Waals surface area contributed by atoms with Crippen molar-refractivity contribution >= 4 is 30.3 Å². The second-order valence-corrected chi connectivity index (χ2v) is 5.87. The first-order chi connectivity index (χ1) is 8.64. The quantitative estimate of drug-likeness (QED) is 0.837. The smallest absolute Gasteiger partial charge is 0.476 e. The molecule has 2 rings (SSSR count). The van der Waals surface area contributed by atoms with Gasteiger partial charge in [-0.2, -0.15) is 0 Å². The van der Waals surface area contributed by atoms with E-state index in [0.29, 0.717) is 5.59 Å². The van der Waals surface area contributed by atoms with Crippen LogP contribution in [0, 0.1) is 0 Å². The Morgan fingerprint density at radius 2 is 1.79 bits per heavy atom. The molecule has 0 aromatic carbocycles. The van der Waals surface area contributed by atoms with Crippen LogP contribution >= 0.6 is 11.6 Å². The molecule has 0 atom stereocenters. The molecule has 0 radical (unpaired) electrons. The molecular formula is C12H15BClNO4. The SMILES string of the molecule is CC1(C)OB(c2ccc(Cl)c(C(=O)O)n2)OC1(C)C. The van der Waals surface area contributed by atoms with E-state index in [1.807, 2.05) is 27.7 Å². The molecule has 1 N–H and O–H groups in total. The lowest BCUT2D eigenvalue weighted by Gasteiger charge is -2.32. The summed E-state index contributed by atoms with van der Waals surface area (Å²) in [5.41, 5.74) is -0.792. The summed E-state index contributed by atoms with van der Waals surface area (Å²) in [5, 5.41) is 9.10. The van der Waals surface area contributed by atoms with Gasteiger partial charge in [0, 0.05) is 0 Å². The third-order valence-electron chi connectivity index (χ3n) is 3.56. The minimum Gasteiger partial charge on any atom is -0.476 e. The molecule has 1 aromatic rings. The largest absolute Gasteiger partial charge is 0.514 e. The second-order valence-electron chi connectivity index (χ2n) is 5.46. The van der Waals surface area contributed by atoms with Gasteiger partial charge >= 0.3 is 13.1 Å². The fourth-order valence-electron chi connectivity index (χ4n) is 1.70. The number of hydrogen-bond donors (Lipinski definition) is 1. The van der Waals surface area contributed by atoms with Gasteiger partial charge in [-0.15, -0.1) is 0 Å². The van der Waals surface area contributed by atoms with Crippen LogP contribution in [0.3, 0.4) is 0 Å². The van der Waals surface area contributed by atoms with Gasteiger partial charge in [0.25, 0.3) is 0 Å². The van der Waals surface area contributed by atoms with Gasteiger partial charge in [0.05, 0.1) is 21.8 Å². The predicted molar refractivity (Wildman–Crippen MR) is 71.9 cm³/mol. The zero-order valence-electron chi connectivity index (χ0n) is 11.2. The Morgan fingerprint density at radius 1 is 1.26 bits per heavy atom. The average molecular weight is 284 g/mol. The van der Waals surface area contributed by atoms with Crippen molar-refractivity contribution in [3.8, 4) is 0 Å². The van der Waals surface area contributed by atoms with Crippen LogP contribution in [0.5, 0.6) is 0 Å². The fourth-order valence-corrected chi connectivity index (χ4v) is 1.89. The molecule has 0 saturated carbocycles. The zero-order chi connectivity index (χ0) is 14.4. The topological polar surface area (TPSA) is 68.7 Å². The van der Waals surface area contributed by atoms with Crippen molar-refractivity contribution in [1.29, 1.82) is 0 Å². The number of nitrogens with zero attached hydrogens (tertiary/aromatic N) is 1. The van der Waals surface area contributed by atoms with E-state index in [9.17, 15) is 4.79 Å². The summed E-state index contributed by atoms with van der Waals surface area (Å²) in [6.07, 6.45) is 0. The molecule has 5 nitrogen and oxygen atoms in total. The van der Waals surface area contributed by atoms with E-state index in [0.717, 1.165) is 0 Å². The van der Waals surface area contributed by atoms with Crippen LogP contribution < -0.4 is 5.59 Å². The molecule has 0 aliphatic carbocycles. The Balaban J connectivity index is 2.35. The third-order valence-corrected chi connectivity index (χ3v) is 3.87. The van der Waals surface area contributed by atoms with E-state index in [4.69, 9.17) is 26.0 Å². The number of aromatic nitrogens is 1. The highest BCUT2D eigenvalue weighted by Crippen LogP contribution is 2.36. The summed E-state index contributed by atoms with van der Waals surface area (Å²) in [4.78, 5) is 15.0. The van der Waals surface area contributed by atoms with Crippen LogP contribution in [0.2, 0.25) is 5.02 Å². The van der Waals surface area contributed by atoms with Crippen LogP contribution in [0.1, 0.15) is 38.2 Å². The van der Waals surface area contributed by atoms with Gasteiger partial charge < -0.3 is 14.4 Å². The standard InChI is InChI=1S/C12H15BClNO4/c1-11(2)12(3,4)19-13(18-11)8-6-5-7(14)9(15-8)10(16)17/h5-6H,1-4H3,(H,16,17). The lowest BCUT2D eigenvalue weighted by atomic mass is 9.84. The van der Waals surface area contributed by atoms with E-state index in [2.05, 4.69) is 4.98 Å². The van der Waals surface area contributed by atoms with E-state index < -0.39 is 24.3 Å². The van der Waals surface area contributed by atoms with Gasteiger partial charge in [0.15, 0.2) is 5.69 Å². The number of rotatable bonds is 2. The average Bonchev–Trinajstić information content (AvgIpc) is 2.48. The highest BCUT2D eigenvalue weighted by molar-refractivity contribution is 6.61. The van der Waals surface area contributed by atoms with Crippen molar-refractivity contribution in [3.63, 3.8) is 0 Å². The number of halogens is 1. The molecule has 2 heterocycles. The van der Waals surface area contributed by atoms with E-state index in [1.54, 1.807) is 6.07 Å². The summed E-state index contributed by atoms with van der Waals surface area (Å²) in [7, 11) is -0.694. The van der Waals surface area contributed by atoms with Gasteiger partial charge in [-0.05, 0) is 39.8 Å². The number of aromatic carboxylic acids is 1. The number of carboxylic acids is 1. The summed E-state index contributed by atoms with van der Waals surface area (Å²) in [6, 6.07) is 3.09. The first-order valence-corrected chi connectivity index (χ1v) is 6.27. The Labute approximate surface area is 117 Å². The minimum absolute atomic E-state index is 0.0905. The first kappa shape index (κ1) is 14.3. The molecule has 102 valence electrons. The molecule has 0 bridgehead atoms. The summed E-state index contributed by atoms with van der Waals surface area (Å²) in [6.45, 7) is 7.67. The fraction of sp³-hybridized carbons (Fsp3) is 0.500. The summed E-state index contributed by atoms with van der Waals surface area (Å²) < 4.78 is 11.6. The zero-order valence-corrected chi connectivity index (χ0v) is 12.0. The molecule has 1 aliphatic heterocycles. The monoisotopic (exact) mass is 283 g/mol. The van der Waals surface area contributed by atoms with E-state index in [-0.39, 0.29) is 10.7 Å². The number of pyridine rings is 1. The van der Waals surface area contributed by atoms with Gasteiger partial charge in [0.1, 0.15) is 0 Å². The van der Waals surface area contributed by atoms with E-state index >= 15 is 0 Å². The minimum atomic E-state index is -1.18. The molecule has 1 aromatic heterocycles. The van der Waals surface area contributed by atoms with Crippen molar-refractivity contribution < 1.29 is 19.2 Å². The third kappa shape index (κ3) is 2.48. The number of carboxylic acid groups (broad SMARTS) is 1. The van der Waals surface area contributed by atoms with Crippen LogP contribution in [0.25, 0.3) is 0 Å².